The molecule has 0 saturated carbocycles. The summed E-state index contributed by atoms with van der Waals surface area (Å²) in [5.41, 5.74) is 6.62. The number of benzene rings is 1. The molecular weight excluding hydrogens is 370 g/mol. The molecule has 2 saturated heterocycles. The van der Waals surface area contributed by atoms with Crippen LogP contribution < -0.4 is 16.2 Å². The summed E-state index contributed by atoms with van der Waals surface area (Å²) in [6.07, 6.45) is 2.87. The zero-order valence-corrected chi connectivity index (χ0v) is 15.6. The van der Waals surface area contributed by atoms with Gasteiger partial charge in [0.1, 0.15) is 11.6 Å². The summed E-state index contributed by atoms with van der Waals surface area (Å²) in [6.45, 7) is 1.71. The summed E-state index contributed by atoms with van der Waals surface area (Å²) in [7, 11) is 0. The summed E-state index contributed by atoms with van der Waals surface area (Å²) >= 11 is 1.75. The fraction of sp³-hybridized carbons (Fsp3) is 0.421. The fourth-order valence-electron chi connectivity index (χ4n) is 3.75. The van der Waals surface area contributed by atoms with Crippen LogP contribution >= 0.6 is 11.3 Å². The van der Waals surface area contributed by atoms with Crippen LogP contribution in [-0.4, -0.2) is 36.1 Å². The Morgan fingerprint density at radius 2 is 2.00 bits per heavy atom. The van der Waals surface area contributed by atoms with Crippen molar-refractivity contribution in [1.29, 1.82) is 0 Å². The maximum atomic E-state index is 13.8. The third-order valence-corrected chi connectivity index (χ3v) is 6.24. The number of hydrazine groups is 1. The first-order valence-electron chi connectivity index (χ1n) is 9.14. The maximum Gasteiger partial charge on any atom is 0.254 e. The lowest BCUT2D eigenvalue weighted by Gasteiger charge is -2.35. The molecule has 3 heterocycles. The maximum absolute atomic E-state index is 13.8. The van der Waals surface area contributed by atoms with E-state index in [4.69, 9.17) is 0 Å². The molecule has 5 nitrogen and oxygen atoms in total. The second-order valence-corrected chi connectivity index (χ2v) is 8.00. The average molecular weight is 392 g/mol. The van der Waals surface area contributed by atoms with Gasteiger partial charge in [0.05, 0.1) is 17.8 Å². The van der Waals surface area contributed by atoms with Crippen LogP contribution in [0.15, 0.2) is 35.7 Å². The van der Waals surface area contributed by atoms with Crippen LogP contribution in [0.4, 0.5) is 8.78 Å². The van der Waals surface area contributed by atoms with Gasteiger partial charge in [0.2, 0.25) is 0 Å². The van der Waals surface area contributed by atoms with Crippen molar-refractivity contribution in [2.24, 2.45) is 0 Å². The van der Waals surface area contributed by atoms with Gasteiger partial charge in [-0.15, -0.1) is 11.3 Å². The van der Waals surface area contributed by atoms with E-state index in [1.807, 2.05) is 0 Å². The van der Waals surface area contributed by atoms with Gasteiger partial charge in [-0.25, -0.2) is 19.6 Å². The first-order chi connectivity index (χ1) is 13.1. The Balaban J connectivity index is 1.27. The number of hydrogen-bond donors (Lipinski definition) is 3. The molecule has 0 aliphatic carbocycles. The topological polar surface area (TPSA) is 56.4 Å². The van der Waals surface area contributed by atoms with Crippen molar-refractivity contribution in [3.05, 3.63) is 57.8 Å². The molecule has 0 bridgehead atoms. The Bertz CT molecular complexity index is 793. The number of nitrogens with one attached hydrogen (secondary N) is 3. The average Bonchev–Trinajstić information content (AvgIpc) is 3.34. The van der Waals surface area contributed by atoms with Gasteiger partial charge >= 0.3 is 0 Å². The third-order valence-electron chi connectivity index (χ3n) is 5.25. The summed E-state index contributed by atoms with van der Waals surface area (Å²) in [6, 6.07) is 7.56. The summed E-state index contributed by atoms with van der Waals surface area (Å²) in [5, 5.41) is 4.96. The normalized spacial score (nSPS) is 24.2. The van der Waals surface area contributed by atoms with Crippen LogP contribution in [0.25, 0.3) is 0 Å². The molecular formula is C19H22F2N4OS. The highest BCUT2D eigenvalue weighted by Gasteiger charge is 2.32. The number of hydrogen-bond acceptors (Lipinski definition) is 5. The van der Waals surface area contributed by atoms with Crippen molar-refractivity contribution < 1.29 is 13.6 Å². The second-order valence-electron chi connectivity index (χ2n) is 7.02. The van der Waals surface area contributed by atoms with E-state index in [0.717, 1.165) is 44.5 Å². The van der Waals surface area contributed by atoms with E-state index in [1.165, 1.54) is 10.9 Å². The number of halogens is 2. The summed E-state index contributed by atoms with van der Waals surface area (Å²) in [4.78, 5) is 16.0. The largest absolute Gasteiger partial charge is 0.349 e. The predicted octanol–water partition coefficient (Wildman–Crippen LogP) is 2.79. The minimum atomic E-state index is -0.828. The molecule has 4 rings (SSSR count). The number of thiophene rings is 1. The smallest absolute Gasteiger partial charge is 0.254 e. The van der Waals surface area contributed by atoms with Gasteiger partial charge in [0, 0.05) is 30.1 Å². The Kier molecular flexibility index (Phi) is 5.49. The first-order valence-corrected chi connectivity index (χ1v) is 10.0. The van der Waals surface area contributed by atoms with Crippen LogP contribution in [0.1, 0.15) is 40.5 Å². The van der Waals surface area contributed by atoms with E-state index in [2.05, 4.69) is 38.6 Å². The summed E-state index contributed by atoms with van der Waals surface area (Å²) < 4.78 is 26.7. The van der Waals surface area contributed by atoms with E-state index < -0.39 is 17.5 Å². The lowest BCUT2D eigenvalue weighted by atomic mass is 10.0. The van der Waals surface area contributed by atoms with Gasteiger partial charge in [-0.3, -0.25) is 9.69 Å². The molecule has 8 heteroatoms. The minimum Gasteiger partial charge on any atom is -0.349 e. The van der Waals surface area contributed by atoms with Crippen molar-refractivity contribution in [2.45, 2.75) is 37.5 Å². The molecule has 2 unspecified atom stereocenters. The Hall–Kier alpha value is -1.87. The molecule has 144 valence electrons. The van der Waals surface area contributed by atoms with Gasteiger partial charge < -0.3 is 5.32 Å². The van der Waals surface area contributed by atoms with Crippen molar-refractivity contribution in [3.8, 4) is 0 Å². The van der Waals surface area contributed by atoms with E-state index in [0.29, 0.717) is 6.04 Å². The van der Waals surface area contributed by atoms with Crippen LogP contribution in [0.5, 0.6) is 0 Å². The standard InChI is InChI=1S/C19H22F2N4OS/c20-12-3-4-14(15(21)10-12)19(26)22-13-5-7-25(8-6-13)18-11-16(23-24-18)17-2-1-9-27-17/h1-4,9-10,13,16,18,23-24H,5-8,11H2,(H,22,26). The van der Waals surface area contributed by atoms with Crippen LogP contribution in [-0.2, 0) is 0 Å². The molecule has 1 amide bonds. The van der Waals surface area contributed by atoms with E-state index in [1.54, 1.807) is 11.3 Å². The third kappa shape index (κ3) is 4.19. The highest BCUT2D eigenvalue weighted by Crippen LogP contribution is 2.28. The Labute approximate surface area is 160 Å². The molecule has 2 aliphatic rings. The van der Waals surface area contributed by atoms with Crippen LogP contribution in [0, 0.1) is 11.6 Å². The van der Waals surface area contributed by atoms with Crippen molar-refractivity contribution in [1.82, 2.24) is 21.1 Å². The molecule has 0 spiro atoms. The van der Waals surface area contributed by atoms with E-state index >= 15 is 0 Å². The molecule has 2 aliphatic heterocycles. The number of likely N-dealkylation sites (tertiary alicyclic amines) is 1. The quantitative estimate of drug-likeness (QED) is 0.749. The van der Waals surface area contributed by atoms with Gasteiger partial charge in [-0.05, 0) is 42.8 Å². The fourth-order valence-corrected chi connectivity index (χ4v) is 4.54. The minimum absolute atomic E-state index is 0.000609. The van der Waals surface area contributed by atoms with E-state index in [9.17, 15) is 13.6 Å². The van der Waals surface area contributed by atoms with Crippen molar-refractivity contribution >= 4 is 17.2 Å². The van der Waals surface area contributed by atoms with E-state index in [-0.39, 0.29) is 17.8 Å². The first kappa shape index (κ1) is 18.5. The lowest BCUT2D eigenvalue weighted by Crippen LogP contribution is -2.51. The second kappa shape index (κ2) is 8.02. The molecule has 1 aromatic carbocycles. The monoisotopic (exact) mass is 392 g/mol. The SMILES string of the molecule is O=C(NC1CCN(C2CC(c3cccs3)NN2)CC1)c1ccc(F)cc1F. The zero-order valence-electron chi connectivity index (χ0n) is 14.8. The number of carbonyl (C=O) groups is 1. The molecule has 3 N–H and O–H groups in total. The Morgan fingerprint density at radius 1 is 1.19 bits per heavy atom. The zero-order chi connectivity index (χ0) is 18.8. The number of nitrogens with zero attached hydrogens (tertiary/aromatic N) is 1. The summed E-state index contributed by atoms with van der Waals surface area (Å²) in [5.74, 6) is -1.99. The molecule has 2 aromatic rings. The van der Waals surface area contributed by atoms with Crippen LogP contribution in [0.2, 0.25) is 0 Å². The molecule has 1 aromatic heterocycles. The highest BCUT2D eigenvalue weighted by atomic mass is 32.1. The molecule has 2 atom stereocenters. The Morgan fingerprint density at radius 3 is 2.70 bits per heavy atom. The molecule has 2 fully saturated rings. The lowest BCUT2D eigenvalue weighted by molar-refractivity contribution is 0.0876. The number of rotatable bonds is 4. The molecule has 0 radical (unpaired) electrons. The van der Waals surface area contributed by atoms with Gasteiger partial charge in [0.15, 0.2) is 0 Å². The molecule has 27 heavy (non-hydrogen) atoms. The highest BCUT2D eigenvalue weighted by molar-refractivity contribution is 7.10. The van der Waals surface area contributed by atoms with Gasteiger partial charge in [0.25, 0.3) is 5.91 Å². The number of carbonyl (C=O) groups excluding carboxylic acids is 1. The van der Waals surface area contributed by atoms with Crippen LogP contribution in [0.3, 0.4) is 0 Å². The van der Waals surface area contributed by atoms with Gasteiger partial charge in [-0.1, -0.05) is 6.07 Å². The predicted molar refractivity (Wildman–Crippen MR) is 100 cm³/mol. The number of piperidine rings is 1. The van der Waals surface area contributed by atoms with Crippen molar-refractivity contribution in [2.75, 3.05) is 13.1 Å². The van der Waals surface area contributed by atoms with Gasteiger partial charge in [-0.2, -0.15) is 0 Å². The number of amides is 1. The van der Waals surface area contributed by atoms with Crippen molar-refractivity contribution in [3.63, 3.8) is 0 Å².